The molecule has 0 bridgehead atoms. The van der Waals surface area contributed by atoms with Crippen molar-refractivity contribution in [3.63, 3.8) is 0 Å². The molecule has 1 fully saturated rings. The van der Waals surface area contributed by atoms with Crippen LogP contribution in [0.1, 0.15) is 64.6 Å². The molecule has 0 aromatic heterocycles. The zero-order valence-corrected chi connectivity index (χ0v) is 13.7. The van der Waals surface area contributed by atoms with E-state index in [9.17, 15) is 8.94 Å². The highest BCUT2D eigenvalue weighted by atomic mass is 32.2. The Balaban J connectivity index is 2.12. The van der Waals surface area contributed by atoms with E-state index in [1.807, 2.05) is 39.8 Å². The average Bonchev–Trinajstić information content (AvgIpc) is 3.07. The van der Waals surface area contributed by atoms with Crippen LogP contribution in [-0.2, 0) is 16.8 Å². The highest BCUT2D eigenvalue weighted by Crippen LogP contribution is 2.47. The number of hydrogen-bond donors (Lipinski definition) is 1. The third kappa shape index (κ3) is 3.35. The van der Waals surface area contributed by atoms with E-state index in [2.05, 4.69) is 11.6 Å². The SMILES string of the molecule is C[C@H](N[S+]([O-])C(C)(C)C)c1ccc(C2(C)CC2)cc1F. The number of rotatable bonds is 4. The monoisotopic (exact) mass is 297 g/mol. The number of nitrogens with one attached hydrogen (secondary N) is 1. The Bertz CT molecular complexity index is 494. The fourth-order valence-corrected chi connectivity index (χ4v) is 2.93. The van der Waals surface area contributed by atoms with Gasteiger partial charge in [-0.05, 0) is 57.6 Å². The summed E-state index contributed by atoms with van der Waals surface area (Å²) in [5.41, 5.74) is 1.82. The molecular formula is C16H24FNOS. The smallest absolute Gasteiger partial charge is 0.136 e. The quantitative estimate of drug-likeness (QED) is 0.853. The second kappa shape index (κ2) is 5.32. The van der Waals surface area contributed by atoms with Crippen molar-refractivity contribution in [2.45, 2.75) is 63.7 Å². The molecule has 0 amide bonds. The molecule has 2 nitrogen and oxygen atoms in total. The van der Waals surface area contributed by atoms with E-state index in [1.54, 1.807) is 6.07 Å². The molecule has 0 spiro atoms. The first kappa shape index (κ1) is 15.8. The normalized spacial score (nSPS) is 20.6. The highest BCUT2D eigenvalue weighted by molar-refractivity contribution is 7.90. The molecular weight excluding hydrogens is 273 g/mol. The fourth-order valence-electron chi connectivity index (χ4n) is 2.13. The van der Waals surface area contributed by atoms with Crippen molar-refractivity contribution in [1.29, 1.82) is 0 Å². The van der Waals surface area contributed by atoms with Crippen LogP contribution in [0.15, 0.2) is 18.2 Å². The third-order valence-electron chi connectivity index (χ3n) is 4.00. The van der Waals surface area contributed by atoms with E-state index in [0.29, 0.717) is 5.56 Å². The minimum atomic E-state index is -1.20. The second-order valence-electron chi connectivity index (χ2n) is 7.02. The van der Waals surface area contributed by atoms with Crippen molar-refractivity contribution in [2.24, 2.45) is 0 Å². The van der Waals surface area contributed by atoms with Gasteiger partial charge in [-0.2, -0.15) is 0 Å². The van der Waals surface area contributed by atoms with Gasteiger partial charge in [-0.25, -0.2) is 4.39 Å². The summed E-state index contributed by atoms with van der Waals surface area (Å²) in [7, 11) is 0. The Labute approximate surface area is 124 Å². The molecule has 20 heavy (non-hydrogen) atoms. The molecule has 1 aliphatic carbocycles. The zero-order chi connectivity index (χ0) is 15.1. The molecule has 2 rings (SSSR count). The van der Waals surface area contributed by atoms with Crippen molar-refractivity contribution >= 4 is 11.4 Å². The Morgan fingerprint density at radius 2 is 1.95 bits per heavy atom. The predicted molar refractivity (Wildman–Crippen MR) is 82.4 cm³/mol. The van der Waals surface area contributed by atoms with E-state index in [4.69, 9.17) is 0 Å². The Morgan fingerprint density at radius 3 is 2.40 bits per heavy atom. The lowest BCUT2D eigenvalue weighted by Crippen LogP contribution is -2.40. The maximum absolute atomic E-state index is 14.3. The Hall–Kier alpha value is -0.580. The fraction of sp³-hybridized carbons (Fsp3) is 0.625. The van der Waals surface area contributed by atoms with Crippen LogP contribution in [-0.4, -0.2) is 9.30 Å². The van der Waals surface area contributed by atoms with Gasteiger partial charge in [0, 0.05) is 16.9 Å². The van der Waals surface area contributed by atoms with E-state index >= 15 is 0 Å². The first-order chi connectivity index (χ1) is 9.13. The molecule has 1 aromatic carbocycles. The van der Waals surface area contributed by atoms with Crippen LogP contribution in [0.25, 0.3) is 0 Å². The molecule has 2 atom stereocenters. The van der Waals surface area contributed by atoms with Gasteiger partial charge in [-0.1, -0.05) is 19.1 Å². The summed E-state index contributed by atoms with van der Waals surface area (Å²) in [5, 5.41) is 0. The molecule has 0 aliphatic heterocycles. The van der Waals surface area contributed by atoms with E-state index < -0.39 is 11.4 Å². The molecule has 1 unspecified atom stereocenters. The van der Waals surface area contributed by atoms with Gasteiger partial charge >= 0.3 is 0 Å². The summed E-state index contributed by atoms with van der Waals surface area (Å²) in [5.74, 6) is -0.207. The van der Waals surface area contributed by atoms with Crippen molar-refractivity contribution in [3.8, 4) is 0 Å². The topological polar surface area (TPSA) is 35.1 Å². The van der Waals surface area contributed by atoms with E-state index in [1.165, 1.54) is 0 Å². The van der Waals surface area contributed by atoms with Gasteiger partial charge in [-0.3, -0.25) is 0 Å². The maximum Gasteiger partial charge on any atom is 0.136 e. The molecule has 0 radical (unpaired) electrons. The Kier molecular flexibility index (Phi) is 4.20. The summed E-state index contributed by atoms with van der Waals surface area (Å²) >= 11 is -1.20. The van der Waals surface area contributed by atoms with Crippen LogP contribution in [0.3, 0.4) is 0 Å². The average molecular weight is 297 g/mol. The molecule has 1 N–H and O–H groups in total. The molecule has 1 saturated carbocycles. The van der Waals surface area contributed by atoms with Gasteiger partial charge in [0.25, 0.3) is 0 Å². The van der Waals surface area contributed by atoms with Crippen molar-refractivity contribution in [2.75, 3.05) is 0 Å². The van der Waals surface area contributed by atoms with Crippen LogP contribution in [0, 0.1) is 5.82 Å². The first-order valence-electron chi connectivity index (χ1n) is 7.11. The molecule has 1 aliphatic rings. The zero-order valence-electron chi connectivity index (χ0n) is 12.9. The highest BCUT2D eigenvalue weighted by Gasteiger charge is 2.39. The van der Waals surface area contributed by atoms with Crippen molar-refractivity contribution < 1.29 is 8.94 Å². The summed E-state index contributed by atoms with van der Waals surface area (Å²) in [6.45, 7) is 9.71. The first-order valence-corrected chi connectivity index (χ1v) is 8.26. The lowest BCUT2D eigenvalue weighted by Gasteiger charge is -2.27. The Morgan fingerprint density at radius 1 is 1.35 bits per heavy atom. The summed E-state index contributed by atoms with van der Waals surface area (Å²) in [4.78, 5) is 0. The summed E-state index contributed by atoms with van der Waals surface area (Å²) in [6.07, 6.45) is 2.27. The standard InChI is InChI=1S/C16H24FNOS/c1-11(18-20(19)15(2,3)4)13-7-6-12(10-14(13)17)16(5)8-9-16/h6-7,10-11,18H,8-9H2,1-5H3/t11-,20?/m0/s1. The van der Waals surface area contributed by atoms with E-state index in [0.717, 1.165) is 18.4 Å². The molecule has 112 valence electrons. The third-order valence-corrected chi connectivity index (χ3v) is 5.68. The number of halogens is 1. The summed E-state index contributed by atoms with van der Waals surface area (Å²) < 4.78 is 29.0. The van der Waals surface area contributed by atoms with Gasteiger partial charge in [0.15, 0.2) is 0 Å². The second-order valence-corrected chi connectivity index (χ2v) is 9.02. The van der Waals surface area contributed by atoms with Gasteiger partial charge < -0.3 is 4.55 Å². The number of benzene rings is 1. The summed E-state index contributed by atoms with van der Waals surface area (Å²) in [6, 6.07) is 5.20. The molecule has 4 heteroatoms. The van der Waals surface area contributed by atoms with Crippen LogP contribution in [0.5, 0.6) is 0 Å². The van der Waals surface area contributed by atoms with Gasteiger partial charge in [0.05, 0.1) is 6.04 Å². The largest absolute Gasteiger partial charge is 0.598 e. The molecule has 1 aromatic rings. The molecule has 0 heterocycles. The van der Waals surface area contributed by atoms with E-state index in [-0.39, 0.29) is 22.0 Å². The van der Waals surface area contributed by atoms with Gasteiger partial charge in [0.2, 0.25) is 0 Å². The van der Waals surface area contributed by atoms with Crippen LogP contribution in [0.2, 0.25) is 0 Å². The van der Waals surface area contributed by atoms with Gasteiger partial charge in [0.1, 0.15) is 10.6 Å². The minimum Gasteiger partial charge on any atom is -0.598 e. The van der Waals surface area contributed by atoms with Crippen molar-refractivity contribution in [3.05, 3.63) is 35.1 Å². The van der Waals surface area contributed by atoms with Crippen molar-refractivity contribution in [1.82, 2.24) is 4.72 Å². The maximum atomic E-state index is 14.3. The van der Waals surface area contributed by atoms with Crippen LogP contribution < -0.4 is 4.72 Å². The molecule has 0 saturated heterocycles. The minimum absolute atomic E-state index is 0.171. The lowest BCUT2D eigenvalue weighted by atomic mass is 9.95. The van der Waals surface area contributed by atoms with Crippen LogP contribution in [0.4, 0.5) is 4.39 Å². The predicted octanol–water partition coefficient (Wildman–Crippen LogP) is 3.99. The van der Waals surface area contributed by atoms with Crippen LogP contribution >= 0.6 is 0 Å². The van der Waals surface area contributed by atoms with Gasteiger partial charge in [-0.15, -0.1) is 4.72 Å². The number of hydrogen-bond acceptors (Lipinski definition) is 2. The lowest BCUT2D eigenvalue weighted by molar-refractivity contribution is 0.521.